The molecule has 3 N–H and O–H groups in total. The smallest absolute Gasteiger partial charge is 0.284 e. The number of nitrogens with two attached hydrogens (primary N) is 1. The number of rotatable bonds is 4. The third-order valence-corrected chi connectivity index (χ3v) is 7.60. The predicted octanol–water partition coefficient (Wildman–Crippen LogP) is 4.07. The number of benzene rings is 1. The molecule has 0 aliphatic carbocycles. The zero-order valence-electron chi connectivity index (χ0n) is 22.4. The minimum Gasteiger partial charge on any atom is -0.383 e. The molecule has 3 aromatic heterocycles. The van der Waals surface area contributed by atoms with E-state index in [2.05, 4.69) is 64.8 Å². The van der Waals surface area contributed by atoms with Crippen LogP contribution < -0.4 is 11.1 Å². The van der Waals surface area contributed by atoms with Gasteiger partial charge in [-0.3, -0.25) is 4.79 Å². The Balaban J connectivity index is 1.41. The summed E-state index contributed by atoms with van der Waals surface area (Å²) in [5, 5.41) is 10.8. The maximum absolute atomic E-state index is 12.8. The molecule has 1 fully saturated rings. The lowest BCUT2D eigenvalue weighted by Gasteiger charge is -2.14. The Morgan fingerprint density at radius 2 is 2.08 bits per heavy atom. The molecular weight excluding hydrogens is 496 g/mol. The third kappa shape index (κ3) is 5.39. The van der Waals surface area contributed by atoms with Crippen molar-refractivity contribution in [3.05, 3.63) is 57.4 Å². The van der Waals surface area contributed by atoms with Crippen molar-refractivity contribution in [2.45, 2.75) is 46.1 Å². The molecule has 1 saturated heterocycles. The Labute approximate surface area is 226 Å². The Hall–Kier alpha value is -3.81. The number of hydrogen-bond donors (Lipinski definition) is 2. The summed E-state index contributed by atoms with van der Waals surface area (Å²) in [5.74, 6) is 7.06. The number of thiazole rings is 1. The average Bonchev–Trinajstić information content (AvgIpc) is 3.59. The number of aryl methyl sites for hydroxylation is 1. The van der Waals surface area contributed by atoms with Crippen molar-refractivity contribution in [1.82, 2.24) is 29.6 Å². The van der Waals surface area contributed by atoms with Crippen LogP contribution in [0, 0.1) is 24.7 Å². The van der Waals surface area contributed by atoms with Crippen LogP contribution in [0.1, 0.15) is 59.5 Å². The Morgan fingerprint density at radius 1 is 1.26 bits per heavy atom. The van der Waals surface area contributed by atoms with E-state index in [9.17, 15) is 4.79 Å². The summed E-state index contributed by atoms with van der Waals surface area (Å²) in [7, 11) is 2.14. The molecule has 9 nitrogen and oxygen atoms in total. The second-order valence-corrected chi connectivity index (χ2v) is 11.8. The number of fused-ring (bicyclic) bond motifs is 1. The molecule has 1 amide bonds. The first-order valence-electron chi connectivity index (χ1n) is 12.6. The number of aromatic nitrogens is 5. The topological polar surface area (TPSA) is 115 Å². The molecule has 4 aromatic rings. The van der Waals surface area contributed by atoms with Gasteiger partial charge in [0.1, 0.15) is 17.8 Å². The van der Waals surface area contributed by atoms with Gasteiger partial charge >= 0.3 is 0 Å². The van der Waals surface area contributed by atoms with E-state index in [0.29, 0.717) is 39.2 Å². The number of nitrogens with one attached hydrogen (secondary N) is 1. The van der Waals surface area contributed by atoms with E-state index in [4.69, 9.17) is 10.8 Å². The third-order valence-electron chi connectivity index (χ3n) is 6.76. The molecule has 5 rings (SSSR count). The van der Waals surface area contributed by atoms with E-state index in [1.54, 1.807) is 0 Å². The number of hydrogen-bond acceptors (Lipinski definition) is 8. The van der Waals surface area contributed by atoms with E-state index in [1.165, 1.54) is 17.7 Å². The number of anilines is 2. The highest BCUT2D eigenvalue weighted by Gasteiger charge is 2.23. The molecule has 1 atom stereocenters. The molecule has 1 aromatic carbocycles. The molecule has 0 saturated carbocycles. The van der Waals surface area contributed by atoms with E-state index in [0.717, 1.165) is 42.9 Å². The quantitative estimate of drug-likeness (QED) is 0.384. The molecule has 1 aliphatic rings. The first-order chi connectivity index (χ1) is 18.1. The fraction of sp³-hybridized carbons (Fsp3) is 0.393. The highest BCUT2D eigenvalue weighted by molar-refractivity contribution is 7.11. The van der Waals surface area contributed by atoms with Crippen molar-refractivity contribution < 1.29 is 4.79 Å². The average molecular weight is 529 g/mol. The summed E-state index contributed by atoms with van der Waals surface area (Å²) >= 11 is 1.35. The minimum absolute atomic E-state index is 0.110. The number of carbonyl (C=O) groups excluding carboxylic acids is 1. The fourth-order valence-corrected chi connectivity index (χ4v) is 5.47. The number of carbonyl (C=O) groups is 1. The lowest BCUT2D eigenvalue weighted by atomic mass is 9.93. The van der Waals surface area contributed by atoms with Crippen LogP contribution in [-0.4, -0.2) is 55.7 Å². The first kappa shape index (κ1) is 25.8. The molecule has 0 radical (unpaired) electrons. The van der Waals surface area contributed by atoms with Crippen molar-refractivity contribution in [1.29, 1.82) is 0 Å². The Kier molecular flexibility index (Phi) is 6.90. The van der Waals surface area contributed by atoms with Gasteiger partial charge in [0.25, 0.3) is 5.91 Å². The summed E-state index contributed by atoms with van der Waals surface area (Å²) < 4.78 is 1.91. The monoisotopic (exact) mass is 528 g/mol. The summed E-state index contributed by atoms with van der Waals surface area (Å²) in [4.78, 5) is 28.3. The van der Waals surface area contributed by atoms with Crippen LogP contribution in [0.4, 0.5) is 11.5 Å². The predicted molar refractivity (Wildman–Crippen MR) is 151 cm³/mol. The molecule has 10 heteroatoms. The maximum atomic E-state index is 12.8. The van der Waals surface area contributed by atoms with Gasteiger partial charge < -0.3 is 16.0 Å². The van der Waals surface area contributed by atoms with Crippen molar-refractivity contribution in [3.63, 3.8) is 0 Å². The van der Waals surface area contributed by atoms with Crippen LogP contribution in [0.5, 0.6) is 0 Å². The van der Waals surface area contributed by atoms with Gasteiger partial charge in [0.2, 0.25) is 0 Å². The van der Waals surface area contributed by atoms with Crippen molar-refractivity contribution in [2.24, 2.45) is 5.92 Å². The van der Waals surface area contributed by atoms with E-state index in [-0.39, 0.29) is 11.3 Å². The highest BCUT2D eigenvalue weighted by atomic mass is 32.1. The second kappa shape index (κ2) is 10.2. The zero-order chi connectivity index (χ0) is 27.0. The summed E-state index contributed by atoms with van der Waals surface area (Å²) in [6.45, 7) is 11.1. The van der Waals surface area contributed by atoms with Crippen molar-refractivity contribution in [3.8, 4) is 11.8 Å². The van der Waals surface area contributed by atoms with Gasteiger partial charge in [0.05, 0.1) is 11.1 Å². The van der Waals surface area contributed by atoms with E-state index >= 15 is 0 Å². The van der Waals surface area contributed by atoms with Gasteiger partial charge in [0.15, 0.2) is 10.7 Å². The van der Waals surface area contributed by atoms with Gasteiger partial charge in [-0.1, -0.05) is 32.8 Å². The number of nitrogens with zero attached hydrogens (tertiary/aromatic N) is 6. The maximum Gasteiger partial charge on any atom is 0.284 e. The number of likely N-dealkylation sites (tertiary alicyclic amines) is 1. The van der Waals surface area contributed by atoms with Gasteiger partial charge in [0, 0.05) is 35.1 Å². The standard InChI is InChI=1S/C28H32N8OS/c1-17-6-8-20(32-26(37)27-33-22(15-38-27)28(2,3)4)12-19(17)7-9-21-23-24(29)30-16-31-25(23)36(34-21)14-18-10-11-35(5)13-18/h6,8,12,15-16,18H,10-11,13-14H2,1-5H3,(H,32,37)(H2,29,30,31). The van der Waals surface area contributed by atoms with E-state index in [1.807, 2.05) is 35.2 Å². The Morgan fingerprint density at radius 3 is 2.79 bits per heavy atom. The van der Waals surface area contributed by atoms with Crippen LogP contribution in [-0.2, 0) is 12.0 Å². The van der Waals surface area contributed by atoms with Gasteiger partial charge in [-0.25, -0.2) is 19.6 Å². The highest BCUT2D eigenvalue weighted by Crippen LogP contribution is 2.26. The molecule has 1 aliphatic heterocycles. The van der Waals surface area contributed by atoms with Gasteiger partial charge in [-0.15, -0.1) is 11.3 Å². The second-order valence-electron chi connectivity index (χ2n) is 10.9. The van der Waals surface area contributed by atoms with Crippen LogP contribution in [0.3, 0.4) is 0 Å². The lowest BCUT2D eigenvalue weighted by molar-refractivity contribution is 0.102. The summed E-state index contributed by atoms with van der Waals surface area (Å²) in [6.07, 6.45) is 2.59. The largest absolute Gasteiger partial charge is 0.383 e. The van der Waals surface area contributed by atoms with Crippen LogP contribution in [0.2, 0.25) is 0 Å². The molecular formula is C28H32N8OS. The summed E-state index contributed by atoms with van der Waals surface area (Å²) in [5.41, 5.74) is 10.7. The number of nitrogen functional groups attached to an aromatic ring is 1. The molecule has 0 bridgehead atoms. The number of amides is 1. The van der Waals surface area contributed by atoms with Crippen LogP contribution >= 0.6 is 11.3 Å². The SMILES string of the molecule is Cc1ccc(NC(=O)c2nc(C(C)(C)C)cs2)cc1C#Cc1nn(CC2CCN(C)C2)c2ncnc(N)c12. The molecule has 4 heterocycles. The van der Waals surface area contributed by atoms with Crippen molar-refractivity contribution in [2.75, 3.05) is 31.2 Å². The van der Waals surface area contributed by atoms with Gasteiger partial charge in [-0.05, 0) is 56.5 Å². The zero-order valence-corrected chi connectivity index (χ0v) is 23.2. The van der Waals surface area contributed by atoms with Crippen LogP contribution in [0.15, 0.2) is 29.9 Å². The Bertz CT molecular complexity index is 1570. The molecule has 38 heavy (non-hydrogen) atoms. The van der Waals surface area contributed by atoms with Crippen molar-refractivity contribution >= 4 is 39.8 Å². The van der Waals surface area contributed by atoms with Gasteiger partial charge in [-0.2, -0.15) is 5.10 Å². The fourth-order valence-electron chi connectivity index (χ4n) is 4.53. The first-order valence-corrected chi connectivity index (χ1v) is 13.5. The summed E-state index contributed by atoms with van der Waals surface area (Å²) in [6, 6.07) is 5.67. The molecule has 196 valence electrons. The molecule has 0 spiro atoms. The lowest BCUT2D eigenvalue weighted by Crippen LogP contribution is -2.17. The van der Waals surface area contributed by atoms with E-state index < -0.39 is 0 Å². The minimum atomic E-state index is -0.236. The van der Waals surface area contributed by atoms with Crippen LogP contribution in [0.25, 0.3) is 11.0 Å². The normalized spacial score (nSPS) is 16.0. The molecule has 1 unspecified atom stereocenters.